The number of hydrogen-bond donors (Lipinski definition) is 4. The summed E-state index contributed by atoms with van der Waals surface area (Å²) in [6.07, 6.45) is 0. The van der Waals surface area contributed by atoms with Crippen molar-refractivity contribution in [2.45, 2.75) is 13.2 Å². The summed E-state index contributed by atoms with van der Waals surface area (Å²) in [6, 6.07) is 32.0. The summed E-state index contributed by atoms with van der Waals surface area (Å²) in [6.45, 7) is 0.0197. The maximum absolute atomic E-state index is 10.2. The minimum absolute atomic E-state index is 0.00986. The molecular weight excluding hydrogens is 432 g/mol. The lowest BCUT2D eigenvalue weighted by molar-refractivity contribution is 0.0686. The van der Waals surface area contributed by atoms with Crippen molar-refractivity contribution in [3.05, 3.63) is 131 Å². The van der Waals surface area contributed by atoms with Gasteiger partial charge in [0.25, 0.3) is 0 Å². The van der Waals surface area contributed by atoms with Crippen LogP contribution in [0.3, 0.4) is 0 Å². The molecule has 34 heavy (non-hydrogen) atoms. The number of benzene rings is 4. The molecule has 0 heterocycles. The molecule has 0 fully saturated rings. The first-order chi connectivity index (χ1) is 16.5. The van der Waals surface area contributed by atoms with Gasteiger partial charge in [0, 0.05) is 0 Å². The van der Waals surface area contributed by atoms with Crippen LogP contribution < -0.4 is 0 Å². The standard InChI is InChI=1S/C14H14O2.2C7H6O2/c15-9-11-5-1-3-7-13(11)14-8-4-2-6-12(14)10-16;2*8-7(9)6-4-2-1-3-5-6/h1-8,15-16H,9-10H2;2*1-5H,(H,8,9). The highest BCUT2D eigenvalue weighted by Gasteiger charge is 2.07. The lowest BCUT2D eigenvalue weighted by Gasteiger charge is -2.10. The van der Waals surface area contributed by atoms with Gasteiger partial charge in [0.2, 0.25) is 0 Å². The molecule has 4 aromatic carbocycles. The fourth-order valence-corrected chi connectivity index (χ4v) is 3.00. The monoisotopic (exact) mass is 458 g/mol. The van der Waals surface area contributed by atoms with Gasteiger partial charge < -0.3 is 20.4 Å². The molecule has 0 atom stereocenters. The molecule has 0 radical (unpaired) electrons. The molecular formula is C28H26O6. The van der Waals surface area contributed by atoms with E-state index in [0.717, 1.165) is 22.3 Å². The Balaban J connectivity index is 0.000000194. The van der Waals surface area contributed by atoms with E-state index in [4.69, 9.17) is 10.2 Å². The minimum Gasteiger partial charge on any atom is -0.478 e. The Morgan fingerprint density at radius 3 is 1.03 bits per heavy atom. The molecule has 0 aliphatic carbocycles. The van der Waals surface area contributed by atoms with E-state index in [-0.39, 0.29) is 13.2 Å². The Hall–Kier alpha value is -4.26. The Morgan fingerprint density at radius 1 is 0.471 bits per heavy atom. The summed E-state index contributed by atoms with van der Waals surface area (Å²) < 4.78 is 0. The van der Waals surface area contributed by atoms with E-state index in [9.17, 15) is 19.8 Å². The highest BCUT2D eigenvalue weighted by molar-refractivity contribution is 5.87. The highest BCUT2D eigenvalue weighted by atomic mass is 16.4. The van der Waals surface area contributed by atoms with Gasteiger partial charge in [0.1, 0.15) is 0 Å². The molecule has 0 saturated heterocycles. The summed E-state index contributed by atoms with van der Waals surface area (Å²) in [4.78, 5) is 20.4. The topological polar surface area (TPSA) is 115 Å². The van der Waals surface area contributed by atoms with Gasteiger partial charge in [-0.05, 0) is 46.5 Å². The second-order valence-electron chi connectivity index (χ2n) is 6.97. The summed E-state index contributed by atoms with van der Waals surface area (Å²) in [5, 5.41) is 35.3. The van der Waals surface area contributed by atoms with Gasteiger partial charge >= 0.3 is 11.9 Å². The molecule has 0 amide bonds. The lowest BCUT2D eigenvalue weighted by Crippen LogP contribution is -1.93. The first kappa shape index (κ1) is 26.0. The molecule has 0 aliphatic heterocycles. The molecule has 6 nitrogen and oxygen atoms in total. The average molecular weight is 459 g/mol. The number of aliphatic hydroxyl groups is 2. The number of carboxylic acids is 2. The molecule has 0 saturated carbocycles. The third-order valence-electron chi connectivity index (χ3n) is 4.71. The SMILES string of the molecule is O=C(O)c1ccccc1.O=C(O)c1ccccc1.OCc1ccccc1-c1ccccc1CO. The fraction of sp³-hybridized carbons (Fsp3) is 0.0714. The lowest BCUT2D eigenvalue weighted by atomic mass is 9.96. The zero-order valence-corrected chi connectivity index (χ0v) is 18.4. The van der Waals surface area contributed by atoms with Gasteiger partial charge in [-0.2, -0.15) is 0 Å². The fourth-order valence-electron chi connectivity index (χ4n) is 3.00. The normalized spacial score (nSPS) is 9.59. The molecule has 0 unspecified atom stereocenters. The molecule has 4 aromatic rings. The molecule has 0 aromatic heterocycles. The highest BCUT2D eigenvalue weighted by Crippen LogP contribution is 2.27. The maximum Gasteiger partial charge on any atom is 0.335 e. The van der Waals surface area contributed by atoms with Gasteiger partial charge in [-0.3, -0.25) is 0 Å². The Kier molecular flexibility index (Phi) is 10.7. The van der Waals surface area contributed by atoms with E-state index in [2.05, 4.69) is 0 Å². The van der Waals surface area contributed by atoms with Crippen LogP contribution in [0, 0.1) is 0 Å². The van der Waals surface area contributed by atoms with Crippen molar-refractivity contribution in [3.63, 3.8) is 0 Å². The summed E-state index contributed by atoms with van der Waals surface area (Å²) in [5.74, 6) is -1.76. The van der Waals surface area contributed by atoms with Crippen LogP contribution in [0.4, 0.5) is 0 Å². The zero-order valence-electron chi connectivity index (χ0n) is 18.4. The summed E-state index contributed by atoms with van der Waals surface area (Å²) in [5.41, 5.74) is 4.38. The van der Waals surface area contributed by atoms with Crippen LogP contribution in [0.25, 0.3) is 11.1 Å². The average Bonchev–Trinajstić information content (AvgIpc) is 2.90. The van der Waals surface area contributed by atoms with E-state index in [1.165, 1.54) is 0 Å². The van der Waals surface area contributed by atoms with Crippen molar-refractivity contribution in [1.82, 2.24) is 0 Å². The van der Waals surface area contributed by atoms with Crippen LogP contribution in [0.15, 0.2) is 109 Å². The van der Waals surface area contributed by atoms with Crippen molar-refractivity contribution >= 4 is 11.9 Å². The summed E-state index contributed by atoms with van der Waals surface area (Å²) >= 11 is 0. The first-order valence-electron chi connectivity index (χ1n) is 10.4. The van der Waals surface area contributed by atoms with Gasteiger partial charge in [-0.25, -0.2) is 9.59 Å². The molecule has 4 N–H and O–H groups in total. The second kappa shape index (κ2) is 14.0. The maximum atomic E-state index is 10.2. The Bertz CT molecular complexity index is 1080. The predicted molar refractivity (Wildman–Crippen MR) is 131 cm³/mol. The predicted octanol–water partition coefficient (Wildman–Crippen LogP) is 5.11. The number of aliphatic hydroxyl groups excluding tert-OH is 2. The van der Waals surface area contributed by atoms with E-state index in [1.54, 1.807) is 60.7 Å². The van der Waals surface area contributed by atoms with Crippen LogP contribution in [0.1, 0.15) is 31.8 Å². The molecule has 0 spiro atoms. The Labute approximate surface area is 198 Å². The van der Waals surface area contributed by atoms with E-state index < -0.39 is 11.9 Å². The largest absolute Gasteiger partial charge is 0.478 e. The quantitative estimate of drug-likeness (QED) is 0.330. The van der Waals surface area contributed by atoms with Gasteiger partial charge in [0.05, 0.1) is 24.3 Å². The van der Waals surface area contributed by atoms with Crippen LogP contribution in [0.5, 0.6) is 0 Å². The Morgan fingerprint density at radius 2 is 0.765 bits per heavy atom. The van der Waals surface area contributed by atoms with Crippen LogP contribution in [0.2, 0.25) is 0 Å². The van der Waals surface area contributed by atoms with E-state index >= 15 is 0 Å². The first-order valence-corrected chi connectivity index (χ1v) is 10.4. The van der Waals surface area contributed by atoms with Crippen LogP contribution in [-0.2, 0) is 13.2 Å². The van der Waals surface area contributed by atoms with Crippen molar-refractivity contribution < 1.29 is 30.0 Å². The van der Waals surface area contributed by atoms with Crippen molar-refractivity contribution in [3.8, 4) is 11.1 Å². The molecule has 174 valence electrons. The summed E-state index contributed by atoms with van der Waals surface area (Å²) in [7, 11) is 0. The molecule has 4 rings (SSSR count). The van der Waals surface area contributed by atoms with Gasteiger partial charge in [0.15, 0.2) is 0 Å². The van der Waals surface area contributed by atoms with Crippen molar-refractivity contribution in [1.29, 1.82) is 0 Å². The number of aromatic carboxylic acids is 2. The van der Waals surface area contributed by atoms with E-state index in [0.29, 0.717) is 11.1 Å². The second-order valence-corrected chi connectivity index (χ2v) is 6.97. The molecule has 0 bridgehead atoms. The van der Waals surface area contributed by atoms with Gasteiger partial charge in [-0.15, -0.1) is 0 Å². The number of carbonyl (C=O) groups is 2. The number of carboxylic acid groups (broad SMARTS) is 2. The van der Waals surface area contributed by atoms with Crippen LogP contribution >= 0.6 is 0 Å². The number of hydrogen-bond acceptors (Lipinski definition) is 4. The third-order valence-corrected chi connectivity index (χ3v) is 4.71. The minimum atomic E-state index is -0.879. The molecule has 0 aliphatic rings. The van der Waals surface area contributed by atoms with E-state index in [1.807, 2.05) is 48.5 Å². The van der Waals surface area contributed by atoms with Crippen molar-refractivity contribution in [2.24, 2.45) is 0 Å². The van der Waals surface area contributed by atoms with Gasteiger partial charge in [-0.1, -0.05) is 84.9 Å². The third kappa shape index (κ3) is 8.02. The number of rotatable bonds is 5. The van der Waals surface area contributed by atoms with Crippen LogP contribution in [-0.4, -0.2) is 32.4 Å². The zero-order chi connectivity index (χ0) is 24.8. The van der Waals surface area contributed by atoms with Crippen molar-refractivity contribution in [2.75, 3.05) is 0 Å². The molecule has 6 heteroatoms. The smallest absolute Gasteiger partial charge is 0.335 e.